The molecule has 8 rings (SSSR count). The van der Waals surface area contributed by atoms with Gasteiger partial charge < -0.3 is 18.9 Å². The quantitative estimate of drug-likeness (QED) is 0.0392. The molecule has 0 atom stereocenters. The van der Waals surface area contributed by atoms with Gasteiger partial charge in [-0.05, 0) is 95.5 Å². The summed E-state index contributed by atoms with van der Waals surface area (Å²) in [6, 6.07) is 30.3. The van der Waals surface area contributed by atoms with Gasteiger partial charge in [0.05, 0.1) is 57.0 Å². The summed E-state index contributed by atoms with van der Waals surface area (Å²) in [6.07, 6.45) is 1.25. The molecule has 0 N–H and O–H groups in total. The number of carbonyl (C=O) groups is 4. The van der Waals surface area contributed by atoms with Crippen LogP contribution in [-0.2, 0) is 23.6 Å². The van der Waals surface area contributed by atoms with Crippen molar-refractivity contribution in [3.63, 3.8) is 0 Å². The van der Waals surface area contributed by atoms with Crippen molar-refractivity contribution < 1.29 is 56.0 Å². The smallest absolute Gasteiger partial charge is 0.345 e. The van der Waals surface area contributed by atoms with Crippen LogP contribution in [0.15, 0.2) is 109 Å². The molecule has 328 valence electrons. The number of aryl methyl sites for hydroxylation is 6. The third-order valence-electron chi connectivity index (χ3n) is 11.5. The van der Waals surface area contributed by atoms with E-state index in [-0.39, 0.29) is 35.8 Å². The molecule has 6 aromatic carbocycles. The molecule has 2 heterocycles. The molecule has 0 amide bonds. The molecule has 0 saturated carbocycles. The average molecular weight is 877 g/mol. The number of fused-ring (bicyclic) bond motifs is 4. The first-order valence-electron chi connectivity index (χ1n) is 21.2. The van der Waals surface area contributed by atoms with Gasteiger partial charge in [0.25, 0.3) is 0 Å². The van der Waals surface area contributed by atoms with E-state index in [0.29, 0.717) is 51.9 Å². The summed E-state index contributed by atoms with van der Waals surface area (Å²) in [4.78, 5) is 53.0. The monoisotopic (exact) mass is 876 g/mol. The normalized spacial score (nSPS) is 11.3. The summed E-state index contributed by atoms with van der Waals surface area (Å²) in [6.45, 7) is 7.67. The van der Waals surface area contributed by atoms with Crippen LogP contribution in [0, 0.1) is 39.3 Å². The van der Waals surface area contributed by atoms with Crippen LogP contribution < -0.4 is 18.6 Å². The van der Waals surface area contributed by atoms with E-state index >= 15 is 8.78 Å². The largest absolute Gasteiger partial charge is 0.462 e. The fourth-order valence-electron chi connectivity index (χ4n) is 8.19. The van der Waals surface area contributed by atoms with Gasteiger partial charge in [0.1, 0.15) is 37.2 Å². The zero-order chi connectivity index (χ0) is 46.1. The highest BCUT2D eigenvalue weighted by molar-refractivity contribution is 6.14. The number of halogens is 2. The van der Waals surface area contributed by atoms with Gasteiger partial charge in [0.2, 0.25) is 22.1 Å². The molecule has 0 fully saturated rings. The van der Waals surface area contributed by atoms with Crippen LogP contribution in [0.4, 0.5) is 8.78 Å². The number of nitrogens with zero attached hydrogens (tertiary/aromatic N) is 2. The Kier molecular flexibility index (Phi) is 12.4. The van der Waals surface area contributed by atoms with Crippen molar-refractivity contribution in [3.05, 3.63) is 165 Å². The second-order valence-electron chi connectivity index (χ2n) is 16.3. The topological polar surface area (TPSA) is 113 Å². The zero-order valence-electron chi connectivity index (χ0n) is 36.8. The van der Waals surface area contributed by atoms with Gasteiger partial charge in [-0.25, -0.2) is 28.0 Å². The highest BCUT2D eigenvalue weighted by Crippen LogP contribution is 2.31. The van der Waals surface area contributed by atoms with Gasteiger partial charge >= 0.3 is 23.9 Å². The van der Waals surface area contributed by atoms with Gasteiger partial charge in [0, 0.05) is 36.4 Å². The van der Waals surface area contributed by atoms with Crippen LogP contribution in [0.3, 0.4) is 0 Å². The van der Waals surface area contributed by atoms with Gasteiger partial charge in [0.15, 0.2) is 0 Å². The number of unbranched alkanes of at least 4 members (excludes halogenated alkanes) is 2. The summed E-state index contributed by atoms with van der Waals surface area (Å²) in [5.74, 6) is -5.07. The molecule has 0 aliphatic heterocycles. The van der Waals surface area contributed by atoms with Crippen LogP contribution >= 0.6 is 0 Å². The Balaban J connectivity index is 0.821. The number of ether oxygens (including phenoxy) is 4. The van der Waals surface area contributed by atoms with Gasteiger partial charge in [-0.2, -0.15) is 9.13 Å². The van der Waals surface area contributed by atoms with Crippen LogP contribution in [-0.4, -0.2) is 37.1 Å². The molecule has 0 unspecified atom stereocenters. The highest BCUT2D eigenvalue weighted by Gasteiger charge is 2.27. The van der Waals surface area contributed by atoms with E-state index in [9.17, 15) is 19.2 Å². The maximum Gasteiger partial charge on any atom is 0.345 e. The third kappa shape index (κ3) is 8.97. The first-order chi connectivity index (χ1) is 31.2. The van der Waals surface area contributed by atoms with Crippen LogP contribution in [0.25, 0.3) is 43.6 Å². The molecule has 0 radical (unpaired) electrons. The predicted octanol–water partition coefficient (Wildman–Crippen LogP) is 10.1. The number of rotatable bonds is 12. The lowest BCUT2D eigenvalue weighted by molar-refractivity contribution is -0.617. The number of pyridine rings is 2. The maximum atomic E-state index is 15.2. The van der Waals surface area contributed by atoms with E-state index in [2.05, 4.69) is 0 Å². The van der Waals surface area contributed by atoms with E-state index in [4.69, 9.17) is 18.9 Å². The number of aromatic nitrogens is 2. The summed E-state index contributed by atoms with van der Waals surface area (Å²) in [7, 11) is 3.86. The molecule has 10 nitrogen and oxygen atoms in total. The van der Waals surface area contributed by atoms with Crippen molar-refractivity contribution >= 4 is 67.5 Å². The van der Waals surface area contributed by atoms with Crippen molar-refractivity contribution in [1.29, 1.82) is 0 Å². The number of benzene rings is 6. The third-order valence-corrected chi connectivity index (χ3v) is 11.5. The maximum absolute atomic E-state index is 15.2. The Morgan fingerprint density at radius 1 is 0.431 bits per heavy atom. The Morgan fingerprint density at radius 2 is 0.754 bits per heavy atom. The summed E-state index contributed by atoms with van der Waals surface area (Å²) < 4.78 is 56.4. The first kappa shape index (κ1) is 44.0. The summed E-state index contributed by atoms with van der Waals surface area (Å²) in [5.41, 5.74) is 7.21. The molecule has 0 aliphatic carbocycles. The van der Waals surface area contributed by atoms with E-state index in [1.54, 1.807) is 0 Å². The van der Waals surface area contributed by atoms with Crippen LogP contribution in [0.1, 0.15) is 82.9 Å². The minimum Gasteiger partial charge on any atom is -0.462 e. The zero-order valence-corrected chi connectivity index (χ0v) is 36.8. The average Bonchev–Trinajstić information content (AvgIpc) is 3.25. The van der Waals surface area contributed by atoms with Gasteiger partial charge in [-0.15, -0.1) is 0 Å². The predicted molar refractivity (Wildman–Crippen MR) is 241 cm³/mol. The molecule has 0 bridgehead atoms. The molecule has 0 aliphatic rings. The Hall–Kier alpha value is -7.60. The number of esters is 4. The van der Waals surface area contributed by atoms with Gasteiger partial charge in [-0.1, -0.05) is 46.5 Å². The lowest BCUT2D eigenvalue weighted by Crippen LogP contribution is -2.31. The second kappa shape index (κ2) is 18.2. The van der Waals surface area contributed by atoms with Gasteiger partial charge in [-0.3, -0.25) is 0 Å². The van der Waals surface area contributed by atoms with E-state index in [0.717, 1.165) is 56.5 Å². The minimum absolute atomic E-state index is 0.0333. The molecule has 0 saturated heterocycles. The van der Waals surface area contributed by atoms with Crippen LogP contribution in [0.5, 0.6) is 11.5 Å². The Bertz CT molecular complexity index is 2930. The second-order valence-corrected chi connectivity index (χ2v) is 16.3. The standard InChI is InChI=1S/C53H46F2N2O8/c1-30-10-18-44-38(24-30)48(39-25-31(2)11-19-45(39)56(44)5)52(60)64-34-14-16-36(42(54)28-34)50(58)62-22-8-7-9-23-63-51(59)37-17-15-35(29-43(37)55)65-53(61)49-40-26-32(3)12-20-46(40)57(6)47-21-13-33(4)27-41(47)49/h10-21,24-29H,7-9,22-23H2,1-6H3/q+2. The Morgan fingerprint density at radius 3 is 1.06 bits per heavy atom. The van der Waals surface area contributed by atoms with Crippen molar-refractivity contribution in [2.45, 2.75) is 47.0 Å². The summed E-state index contributed by atoms with van der Waals surface area (Å²) >= 11 is 0. The number of hydrogen-bond acceptors (Lipinski definition) is 8. The fourth-order valence-corrected chi connectivity index (χ4v) is 8.19. The van der Waals surface area contributed by atoms with E-state index in [1.807, 2.05) is 124 Å². The Labute approximate surface area is 373 Å². The molecular weight excluding hydrogens is 831 g/mol. The van der Waals surface area contributed by atoms with Crippen LogP contribution in [0.2, 0.25) is 0 Å². The molecular formula is C53H46F2N2O8+2. The molecule has 0 spiro atoms. The molecule has 2 aromatic heterocycles. The number of hydrogen-bond donors (Lipinski definition) is 0. The van der Waals surface area contributed by atoms with Crippen molar-refractivity contribution in [2.75, 3.05) is 13.2 Å². The minimum atomic E-state index is -0.913. The highest BCUT2D eigenvalue weighted by atomic mass is 19.1. The SMILES string of the molecule is Cc1ccc2c(c1)c(C(=O)Oc1ccc(C(=O)OCCCCCOC(=O)c3ccc(OC(=O)c4c5cc(C)ccc5[n+](C)c5ccc(C)cc45)cc3F)c(F)c1)c1cc(C)ccc1[n+]2C. The molecule has 65 heavy (non-hydrogen) atoms. The van der Waals surface area contributed by atoms with E-state index in [1.165, 1.54) is 24.3 Å². The van der Waals surface area contributed by atoms with E-state index < -0.39 is 35.5 Å². The molecule has 12 heteroatoms. The summed E-state index contributed by atoms with van der Waals surface area (Å²) in [5, 5.41) is 2.78. The first-order valence-corrected chi connectivity index (χ1v) is 21.2. The molecule has 8 aromatic rings. The van der Waals surface area contributed by atoms with Crippen molar-refractivity contribution in [1.82, 2.24) is 0 Å². The lowest BCUT2D eigenvalue weighted by atomic mass is 9.99. The fraction of sp³-hybridized carbons (Fsp3) is 0.208. The number of carbonyl (C=O) groups excluding carboxylic acids is 4. The van der Waals surface area contributed by atoms with Crippen molar-refractivity contribution in [3.8, 4) is 11.5 Å². The lowest BCUT2D eigenvalue weighted by Gasteiger charge is -2.12. The van der Waals surface area contributed by atoms with Crippen molar-refractivity contribution in [2.24, 2.45) is 14.1 Å².